The van der Waals surface area contributed by atoms with Gasteiger partial charge in [-0.05, 0) is 55.0 Å². The van der Waals surface area contributed by atoms with E-state index in [1.807, 2.05) is 38.1 Å². The zero-order chi connectivity index (χ0) is 26.4. The Bertz CT molecular complexity index is 1400. The fraction of sp³-hybridized carbons (Fsp3) is 0.276. The number of nitro groups is 1. The number of para-hydroxylation sites is 2. The minimum absolute atomic E-state index is 0.0104. The van der Waals surface area contributed by atoms with Crippen molar-refractivity contribution in [3.05, 3.63) is 111 Å². The molecule has 0 spiro atoms. The molecule has 0 saturated heterocycles. The van der Waals surface area contributed by atoms with E-state index in [1.165, 1.54) is 23.4 Å². The molecule has 0 fully saturated rings. The first-order chi connectivity index (χ1) is 17.8. The number of aryl methyl sites for hydroxylation is 1. The van der Waals surface area contributed by atoms with Gasteiger partial charge in [0.05, 0.1) is 27.8 Å². The Hall–Kier alpha value is -3.78. The standard InChI is InChI=1S/C29H30N4O3S/c1-19(2)17-22-13-15-23(16-14-22)21(4)28-31-32-29(36-28)37-18-26(30-25-11-7-5-9-20(25)3)24-10-6-8-12-27(24)33(34)35/h5-16,19,21H,17-18H2,1-4H3. The normalized spacial score (nSPS) is 12.6. The SMILES string of the molecule is Cc1ccccc1N=C(CSc1nnc(C(C)c2ccc(CC(C)C)cc2)o1)c1ccccc1[N+](=O)[O-]. The maximum Gasteiger partial charge on any atom is 0.278 e. The van der Waals surface area contributed by atoms with E-state index in [0.717, 1.165) is 23.2 Å². The Kier molecular flexibility index (Phi) is 8.50. The van der Waals surface area contributed by atoms with Gasteiger partial charge in [0.25, 0.3) is 10.9 Å². The van der Waals surface area contributed by atoms with E-state index in [9.17, 15) is 10.1 Å². The van der Waals surface area contributed by atoms with Crippen LogP contribution in [0.3, 0.4) is 0 Å². The second-order valence-electron chi connectivity index (χ2n) is 9.38. The number of aromatic nitrogens is 2. The zero-order valence-corrected chi connectivity index (χ0v) is 22.2. The molecule has 0 N–H and O–H groups in total. The molecule has 4 rings (SSSR count). The molecular formula is C29H30N4O3S. The Labute approximate surface area is 221 Å². The summed E-state index contributed by atoms with van der Waals surface area (Å²) in [6.45, 7) is 8.42. The monoisotopic (exact) mass is 514 g/mol. The van der Waals surface area contributed by atoms with Gasteiger partial charge in [-0.25, -0.2) is 0 Å². The van der Waals surface area contributed by atoms with Crippen molar-refractivity contribution in [1.29, 1.82) is 0 Å². The molecule has 37 heavy (non-hydrogen) atoms. The molecule has 1 atom stereocenters. The van der Waals surface area contributed by atoms with Gasteiger partial charge >= 0.3 is 0 Å². The van der Waals surface area contributed by atoms with Gasteiger partial charge < -0.3 is 4.42 Å². The maximum atomic E-state index is 11.7. The summed E-state index contributed by atoms with van der Waals surface area (Å²) < 4.78 is 5.98. The Morgan fingerprint density at radius 3 is 2.41 bits per heavy atom. The van der Waals surface area contributed by atoms with Crippen molar-refractivity contribution in [2.45, 2.75) is 45.3 Å². The molecule has 1 aromatic heterocycles. The smallest absolute Gasteiger partial charge is 0.278 e. The molecule has 3 aromatic carbocycles. The summed E-state index contributed by atoms with van der Waals surface area (Å²) in [6.07, 6.45) is 1.04. The quantitative estimate of drug-likeness (QED) is 0.0938. The number of nitro benzene ring substituents is 1. The molecule has 7 nitrogen and oxygen atoms in total. The van der Waals surface area contributed by atoms with Crippen molar-refractivity contribution in [2.24, 2.45) is 10.9 Å². The van der Waals surface area contributed by atoms with Crippen molar-refractivity contribution >= 4 is 28.8 Å². The largest absolute Gasteiger partial charge is 0.415 e. The summed E-state index contributed by atoms with van der Waals surface area (Å²) in [5, 5.41) is 20.6. The fourth-order valence-electron chi connectivity index (χ4n) is 4.02. The zero-order valence-electron chi connectivity index (χ0n) is 21.4. The van der Waals surface area contributed by atoms with E-state index in [-0.39, 0.29) is 16.5 Å². The molecule has 190 valence electrons. The molecule has 1 heterocycles. The molecule has 0 aliphatic rings. The molecule has 1 unspecified atom stereocenters. The van der Waals surface area contributed by atoms with Crippen LogP contribution < -0.4 is 0 Å². The van der Waals surface area contributed by atoms with Gasteiger partial charge in [0.2, 0.25) is 5.89 Å². The predicted octanol–water partition coefficient (Wildman–Crippen LogP) is 7.55. The second-order valence-corrected chi connectivity index (χ2v) is 10.3. The van der Waals surface area contributed by atoms with Gasteiger partial charge in [0.15, 0.2) is 0 Å². The van der Waals surface area contributed by atoms with Gasteiger partial charge in [0.1, 0.15) is 0 Å². The van der Waals surface area contributed by atoms with Crippen LogP contribution in [0.5, 0.6) is 0 Å². The van der Waals surface area contributed by atoms with Crippen LogP contribution in [-0.4, -0.2) is 26.6 Å². The van der Waals surface area contributed by atoms with Crippen LogP contribution in [0.2, 0.25) is 0 Å². The Balaban J connectivity index is 1.55. The van der Waals surface area contributed by atoms with Crippen LogP contribution in [0.25, 0.3) is 0 Å². The lowest BCUT2D eigenvalue weighted by Gasteiger charge is -2.10. The molecule has 0 radical (unpaired) electrons. The lowest BCUT2D eigenvalue weighted by molar-refractivity contribution is -0.385. The highest BCUT2D eigenvalue weighted by molar-refractivity contribution is 7.99. The van der Waals surface area contributed by atoms with E-state index in [4.69, 9.17) is 9.41 Å². The molecule has 0 aliphatic carbocycles. The number of hydrogen-bond donors (Lipinski definition) is 0. The first-order valence-corrected chi connectivity index (χ1v) is 13.2. The molecule has 8 heteroatoms. The molecule has 0 aliphatic heterocycles. The fourth-order valence-corrected chi connectivity index (χ4v) is 4.74. The van der Waals surface area contributed by atoms with Gasteiger partial charge in [-0.3, -0.25) is 15.1 Å². The summed E-state index contributed by atoms with van der Waals surface area (Å²) in [5.74, 6) is 1.42. The summed E-state index contributed by atoms with van der Waals surface area (Å²) in [6, 6.07) is 22.9. The van der Waals surface area contributed by atoms with Crippen molar-refractivity contribution < 1.29 is 9.34 Å². The van der Waals surface area contributed by atoms with Crippen molar-refractivity contribution in [2.75, 3.05) is 5.75 Å². The number of aliphatic imine (C=N–C) groups is 1. The van der Waals surface area contributed by atoms with Crippen LogP contribution in [0.1, 0.15) is 54.8 Å². The van der Waals surface area contributed by atoms with E-state index in [2.05, 4.69) is 48.3 Å². The van der Waals surface area contributed by atoms with Crippen molar-refractivity contribution in [1.82, 2.24) is 10.2 Å². The Morgan fingerprint density at radius 2 is 1.70 bits per heavy atom. The molecule has 0 amide bonds. The van der Waals surface area contributed by atoms with Gasteiger partial charge in [-0.15, -0.1) is 10.2 Å². The number of benzene rings is 3. The maximum absolute atomic E-state index is 11.7. The van der Waals surface area contributed by atoms with Crippen molar-refractivity contribution in [3.8, 4) is 0 Å². The summed E-state index contributed by atoms with van der Waals surface area (Å²) in [4.78, 5) is 16.1. The molecule has 0 saturated carbocycles. The number of rotatable bonds is 10. The molecule has 0 bridgehead atoms. The highest BCUT2D eigenvalue weighted by Gasteiger charge is 2.21. The molecule has 4 aromatic rings. The third-order valence-corrected chi connectivity index (χ3v) is 6.86. The van der Waals surface area contributed by atoms with Gasteiger partial charge in [0, 0.05) is 11.8 Å². The van der Waals surface area contributed by atoms with Crippen LogP contribution >= 0.6 is 11.8 Å². The second kappa shape index (κ2) is 12.0. The number of nitrogens with zero attached hydrogens (tertiary/aromatic N) is 4. The highest BCUT2D eigenvalue weighted by atomic mass is 32.2. The third-order valence-electron chi connectivity index (χ3n) is 6.03. The van der Waals surface area contributed by atoms with Crippen LogP contribution in [0.4, 0.5) is 11.4 Å². The number of hydrogen-bond acceptors (Lipinski definition) is 7. The third kappa shape index (κ3) is 6.71. The predicted molar refractivity (Wildman–Crippen MR) is 148 cm³/mol. The summed E-state index contributed by atoms with van der Waals surface area (Å²) in [5.41, 5.74) is 5.21. The van der Waals surface area contributed by atoms with Crippen LogP contribution in [0.15, 0.2) is 87.4 Å². The summed E-state index contributed by atoms with van der Waals surface area (Å²) >= 11 is 1.32. The van der Waals surface area contributed by atoms with Gasteiger partial charge in [-0.2, -0.15) is 0 Å². The first-order valence-electron chi connectivity index (χ1n) is 12.2. The van der Waals surface area contributed by atoms with E-state index >= 15 is 0 Å². The highest BCUT2D eigenvalue weighted by Crippen LogP contribution is 2.29. The lowest BCUT2D eigenvalue weighted by atomic mass is 9.97. The minimum atomic E-state index is -0.383. The Morgan fingerprint density at radius 1 is 1.00 bits per heavy atom. The average molecular weight is 515 g/mol. The van der Waals surface area contributed by atoms with Crippen LogP contribution in [-0.2, 0) is 6.42 Å². The van der Waals surface area contributed by atoms with Crippen LogP contribution in [0, 0.1) is 23.0 Å². The first kappa shape index (κ1) is 26.3. The minimum Gasteiger partial charge on any atom is -0.415 e. The number of thioether (sulfide) groups is 1. The van der Waals surface area contributed by atoms with E-state index in [0.29, 0.717) is 34.1 Å². The van der Waals surface area contributed by atoms with E-state index in [1.54, 1.807) is 18.2 Å². The summed E-state index contributed by atoms with van der Waals surface area (Å²) in [7, 11) is 0. The lowest BCUT2D eigenvalue weighted by Crippen LogP contribution is -2.08. The topological polar surface area (TPSA) is 94.4 Å². The van der Waals surface area contributed by atoms with Gasteiger partial charge in [-0.1, -0.05) is 80.2 Å². The van der Waals surface area contributed by atoms with E-state index < -0.39 is 0 Å². The average Bonchev–Trinajstić information content (AvgIpc) is 3.36. The molecular weight excluding hydrogens is 484 g/mol. The van der Waals surface area contributed by atoms with Crippen molar-refractivity contribution in [3.63, 3.8) is 0 Å².